The van der Waals surface area contributed by atoms with Crippen LogP contribution in [0.5, 0.6) is 0 Å². The molecule has 2 heterocycles. The molecular formula is C20H17ClFN3O3. The average molecular weight is 402 g/mol. The van der Waals surface area contributed by atoms with Crippen LogP contribution in [0.3, 0.4) is 0 Å². The summed E-state index contributed by atoms with van der Waals surface area (Å²) in [7, 11) is 0. The summed E-state index contributed by atoms with van der Waals surface area (Å²) >= 11 is 5.87. The van der Waals surface area contributed by atoms with Crippen molar-refractivity contribution in [2.45, 2.75) is 18.5 Å². The number of nitrogens with one attached hydrogen (secondary N) is 1. The van der Waals surface area contributed by atoms with Gasteiger partial charge in [-0.3, -0.25) is 14.5 Å². The van der Waals surface area contributed by atoms with Crippen LogP contribution in [0.4, 0.5) is 9.18 Å². The molecule has 4 amide bonds. The van der Waals surface area contributed by atoms with Crippen molar-refractivity contribution in [2.24, 2.45) is 0 Å². The van der Waals surface area contributed by atoms with Gasteiger partial charge >= 0.3 is 6.03 Å². The number of urea groups is 1. The lowest BCUT2D eigenvalue weighted by Crippen LogP contribution is -2.49. The zero-order valence-electron chi connectivity index (χ0n) is 14.8. The molecule has 2 aliphatic rings. The van der Waals surface area contributed by atoms with Crippen LogP contribution < -0.4 is 5.32 Å². The van der Waals surface area contributed by atoms with E-state index in [1.807, 2.05) is 0 Å². The molecule has 8 heteroatoms. The van der Waals surface area contributed by atoms with Crippen molar-refractivity contribution in [1.29, 1.82) is 0 Å². The van der Waals surface area contributed by atoms with Crippen LogP contribution in [-0.4, -0.2) is 46.3 Å². The van der Waals surface area contributed by atoms with Gasteiger partial charge in [-0.25, -0.2) is 9.18 Å². The van der Waals surface area contributed by atoms with Crippen LogP contribution in [0.25, 0.3) is 0 Å². The van der Waals surface area contributed by atoms with Crippen LogP contribution in [0, 0.1) is 5.82 Å². The smallest absolute Gasteiger partial charge is 0.325 e. The van der Waals surface area contributed by atoms with Crippen LogP contribution >= 0.6 is 11.6 Å². The Balaban J connectivity index is 1.49. The Morgan fingerprint density at radius 1 is 1.11 bits per heavy atom. The van der Waals surface area contributed by atoms with Gasteiger partial charge in [0.2, 0.25) is 0 Å². The van der Waals surface area contributed by atoms with E-state index >= 15 is 0 Å². The highest BCUT2D eigenvalue weighted by Gasteiger charge is 2.55. The van der Waals surface area contributed by atoms with Crippen molar-refractivity contribution in [3.05, 3.63) is 70.5 Å². The number of nitrogens with zero attached hydrogens (tertiary/aromatic N) is 2. The zero-order valence-corrected chi connectivity index (χ0v) is 15.6. The standard InChI is InChI=1S/C20H17ClFN3O3/c21-15-5-1-13(2-6-15)11-25-18(27)20(23-19(25)28)9-10-24(12-20)17(26)14-3-7-16(22)8-4-14/h1-8H,9-12H2,(H,23,28). The minimum absolute atomic E-state index is 0.0882. The third-order valence-corrected chi connectivity index (χ3v) is 5.40. The van der Waals surface area contributed by atoms with Crippen LogP contribution in [0.1, 0.15) is 22.3 Å². The fourth-order valence-electron chi connectivity index (χ4n) is 3.63. The van der Waals surface area contributed by atoms with Crippen molar-refractivity contribution in [2.75, 3.05) is 13.1 Å². The molecule has 6 nitrogen and oxygen atoms in total. The van der Waals surface area contributed by atoms with Gasteiger partial charge in [0, 0.05) is 17.1 Å². The molecule has 2 fully saturated rings. The molecular weight excluding hydrogens is 385 g/mol. The average Bonchev–Trinajstić information content (AvgIpc) is 3.20. The highest BCUT2D eigenvalue weighted by atomic mass is 35.5. The molecule has 2 aromatic carbocycles. The first-order chi connectivity index (χ1) is 13.4. The molecule has 144 valence electrons. The second kappa shape index (κ2) is 6.91. The SMILES string of the molecule is O=C(c1ccc(F)cc1)N1CCC2(C1)NC(=O)N(Cc1ccc(Cl)cc1)C2=O. The Morgan fingerprint density at radius 3 is 2.46 bits per heavy atom. The van der Waals surface area contributed by atoms with Gasteiger partial charge in [-0.15, -0.1) is 0 Å². The van der Waals surface area contributed by atoms with Gasteiger partial charge in [0.05, 0.1) is 13.1 Å². The molecule has 1 spiro atoms. The van der Waals surface area contributed by atoms with Crippen molar-refractivity contribution in [3.63, 3.8) is 0 Å². The molecule has 1 N–H and O–H groups in total. The summed E-state index contributed by atoms with van der Waals surface area (Å²) in [5.74, 6) is -1.07. The third-order valence-electron chi connectivity index (χ3n) is 5.15. The number of hydrogen-bond donors (Lipinski definition) is 1. The summed E-state index contributed by atoms with van der Waals surface area (Å²) in [5.41, 5.74) is 0.00887. The maximum atomic E-state index is 13.1. The molecule has 28 heavy (non-hydrogen) atoms. The molecule has 1 unspecified atom stereocenters. The monoisotopic (exact) mass is 401 g/mol. The molecule has 0 aliphatic carbocycles. The highest BCUT2D eigenvalue weighted by Crippen LogP contribution is 2.30. The Bertz CT molecular complexity index is 948. The van der Waals surface area contributed by atoms with E-state index in [9.17, 15) is 18.8 Å². The van der Waals surface area contributed by atoms with E-state index in [0.717, 1.165) is 10.5 Å². The Morgan fingerprint density at radius 2 is 1.79 bits per heavy atom. The predicted molar refractivity (Wildman–Crippen MR) is 100 cm³/mol. The number of amides is 4. The van der Waals surface area contributed by atoms with Crippen LogP contribution in [0.2, 0.25) is 5.02 Å². The van der Waals surface area contributed by atoms with Gasteiger partial charge in [0.15, 0.2) is 0 Å². The van der Waals surface area contributed by atoms with Crippen molar-refractivity contribution < 1.29 is 18.8 Å². The summed E-state index contributed by atoms with van der Waals surface area (Å²) in [6, 6.07) is 11.7. The first-order valence-electron chi connectivity index (χ1n) is 8.81. The Kier molecular flexibility index (Phi) is 4.55. The second-order valence-electron chi connectivity index (χ2n) is 7.01. The van der Waals surface area contributed by atoms with Crippen molar-refractivity contribution in [1.82, 2.24) is 15.1 Å². The van der Waals surface area contributed by atoms with E-state index in [0.29, 0.717) is 23.6 Å². The van der Waals surface area contributed by atoms with Crippen molar-refractivity contribution in [3.8, 4) is 0 Å². The largest absolute Gasteiger partial charge is 0.336 e. The van der Waals surface area contributed by atoms with Crippen molar-refractivity contribution >= 4 is 29.4 Å². The van der Waals surface area contributed by atoms with Gasteiger partial charge in [-0.2, -0.15) is 0 Å². The molecule has 4 rings (SSSR count). The summed E-state index contributed by atoms with van der Waals surface area (Å²) in [4.78, 5) is 40.7. The first kappa shape index (κ1) is 18.4. The molecule has 2 aromatic rings. The molecule has 2 saturated heterocycles. The maximum absolute atomic E-state index is 13.1. The van der Waals surface area contributed by atoms with Gasteiger partial charge in [0.25, 0.3) is 11.8 Å². The molecule has 0 aromatic heterocycles. The normalized spacial score (nSPS) is 21.5. The summed E-state index contributed by atoms with van der Waals surface area (Å²) in [6.45, 7) is 0.553. The lowest BCUT2D eigenvalue weighted by atomic mass is 9.99. The van der Waals surface area contributed by atoms with Gasteiger partial charge in [-0.05, 0) is 48.4 Å². The van der Waals surface area contributed by atoms with E-state index in [1.165, 1.54) is 29.2 Å². The quantitative estimate of drug-likeness (QED) is 0.804. The lowest BCUT2D eigenvalue weighted by Gasteiger charge is -2.22. The Hall–Kier alpha value is -2.93. The fourth-order valence-corrected chi connectivity index (χ4v) is 3.75. The van der Waals surface area contributed by atoms with Crippen LogP contribution in [0.15, 0.2) is 48.5 Å². The molecule has 0 bridgehead atoms. The van der Waals surface area contributed by atoms with Crippen LogP contribution in [-0.2, 0) is 11.3 Å². The number of halogens is 2. The van der Waals surface area contributed by atoms with E-state index in [2.05, 4.69) is 5.32 Å². The number of carbonyl (C=O) groups excluding carboxylic acids is 3. The topological polar surface area (TPSA) is 69.7 Å². The third kappa shape index (κ3) is 3.22. The number of benzene rings is 2. The highest BCUT2D eigenvalue weighted by molar-refractivity contribution is 6.30. The molecule has 2 aliphatic heterocycles. The zero-order chi connectivity index (χ0) is 19.9. The summed E-state index contributed by atoms with van der Waals surface area (Å²) < 4.78 is 13.1. The van der Waals surface area contributed by atoms with E-state index in [4.69, 9.17) is 11.6 Å². The van der Waals surface area contributed by atoms with Gasteiger partial charge < -0.3 is 10.2 Å². The van der Waals surface area contributed by atoms with E-state index in [1.54, 1.807) is 24.3 Å². The van der Waals surface area contributed by atoms with Gasteiger partial charge in [0.1, 0.15) is 11.4 Å². The number of imide groups is 1. The summed E-state index contributed by atoms with van der Waals surface area (Å²) in [5, 5.41) is 3.34. The van der Waals surface area contributed by atoms with Gasteiger partial charge in [-0.1, -0.05) is 23.7 Å². The Labute approximate surface area is 165 Å². The maximum Gasteiger partial charge on any atom is 0.325 e. The molecule has 1 atom stereocenters. The first-order valence-corrected chi connectivity index (χ1v) is 9.19. The molecule has 0 radical (unpaired) electrons. The molecule has 0 saturated carbocycles. The second-order valence-corrected chi connectivity index (χ2v) is 7.45. The minimum Gasteiger partial charge on any atom is -0.336 e. The van der Waals surface area contributed by atoms with E-state index < -0.39 is 17.4 Å². The van der Waals surface area contributed by atoms with E-state index in [-0.39, 0.29) is 24.9 Å². The lowest BCUT2D eigenvalue weighted by molar-refractivity contribution is -0.131. The number of likely N-dealkylation sites (tertiary alicyclic amines) is 1. The summed E-state index contributed by atoms with van der Waals surface area (Å²) in [6.07, 6.45) is 0.335. The predicted octanol–water partition coefficient (Wildman–Crippen LogP) is 2.82. The number of hydrogen-bond acceptors (Lipinski definition) is 3. The fraction of sp³-hybridized carbons (Fsp3) is 0.250. The number of rotatable bonds is 3. The minimum atomic E-state index is -1.11. The number of carbonyl (C=O) groups is 3.